The first-order valence-corrected chi connectivity index (χ1v) is 7.89. The van der Waals surface area contributed by atoms with Crippen molar-refractivity contribution in [2.45, 2.75) is 4.90 Å². The lowest BCUT2D eigenvalue weighted by Gasteiger charge is -2.07. The minimum Gasteiger partial charge on any atom is -0.484 e. The summed E-state index contributed by atoms with van der Waals surface area (Å²) >= 11 is 1.69. The molecule has 5 heteroatoms. The van der Waals surface area contributed by atoms with Crippen molar-refractivity contribution in [2.75, 3.05) is 18.9 Å². The second-order valence-electron chi connectivity index (χ2n) is 4.49. The summed E-state index contributed by atoms with van der Waals surface area (Å²) in [6.45, 7) is 0.522. The van der Waals surface area contributed by atoms with E-state index in [1.54, 1.807) is 36.0 Å². The van der Waals surface area contributed by atoms with Crippen LogP contribution in [0.4, 0.5) is 0 Å². The number of carbonyl (C=O) groups excluding carboxylic acids is 2. The molecule has 0 fully saturated rings. The van der Waals surface area contributed by atoms with Crippen LogP contribution in [-0.4, -0.2) is 31.1 Å². The van der Waals surface area contributed by atoms with Gasteiger partial charge < -0.3 is 10.1 Å². The van der Waals surface area contributed by atoms with Crippen molar-refractivity contribution in [1.82, 2.24) is 5.32 Å². The van der Waals surface area contributed by atoms with E-state index in [1.807, 2.05) is 30.3 Å². The molecule has 0 radical (unpaired) electrons. The molecule has 0 aliphatic rings. The van der Waals surface area contributed by atoms with Crippen LogP contribution in [0.2, 0.25) is 0 Å². The van der Waals surface area contributed by atoms with Gasteiger partial charge in [0.25, 0.3) is 5.91 Å². The van der Waals surface area contributed by atoms with Crippen molar-refractivity contribution in [3.63, 3.8) is 0 Å². The lowest BCUT2D eigenvalue weighted by atomic mass is 10.2. The van der Waals surface area contributed by atoms with Gasteiger partial charge in [0.2, 0.25) is 0 Å². The highest BCUT2D eigenvalue weighted by molar-refractivity contribution is 7.99. The molecular weight excluding hydrogens is 298 g/mol. The van der Waals surface area contributed by atoms with Gasteiger partial charge in [0.05, 0.1) is 0 Å². The second kappa shape index (κ2) is 8.89. The molecule has 2 rings (SSSR count). The number of thioether (sulfide) groups is 1. The molecule has 2 aromatic rings. The Morgan fingerprint density at radius 2 is 1.95 bits per heavy atom. The van der Waals surface area contributed by atoms with Crippen LogP contribution in [0.3, 0.4) is 0 Å². The fourth-order valence-electron chi connectivity index (χ4n) is 1.75. The van der Waals surface area contributed by atoms with Crippen molar-refractivity contribution < 1.29 is 14.3 Å². The molecule has 114 valence electrons. The molecule has 0 bridgehead atoms. The predicted octanol–water partition coefficient (Wildman–Crippen LogP) is 2.79. The highest BCUT2D eigenvalue weighted by Gasteiger charge is 2.03. The zero-order valence-electron chi connectivity index (χ0n) is 12.0. The molecule has 0 atom stereocenters. The number of amides is 1. The Morgan fingerprint density at radius 1 is 1.14 bits per heavy atom. The van der Waals surface area contributed by atoms with Crippen molar-refractivity contribution >= 4 is 24.0 Å². The number of nitrogens with one attached hydrogen (secondary N) is 1. The Morgan fingerprint density at radius 3 is 2.73 bits per heavy atom. The summed E-state index contributed by atoms with van der Waals surface area (Å²) in [7, 11) is 0. The highest BCUT2D eigenvalue weighted by Crippen LogP contribution is 2.15. The smallest absolute Gasteiger partial charge is 0.257 e. The lowest BCUT2D eigenvalue weighted by molar-refractivity contribution is -0.122. The van der Waals surface area contributed by atoms with E-state index in [1.165, 1.54) is 4.90 Å². The van der Waals surface area contributed by atoms with Crippen LogP contribution >= 0.6 is 11.8 Å². The molecule has 2 aromatic carbocycles. The first-order chi connectivity index (χ1) is 10.8. The standard InChI is InChI=1S/C17H17NO3S/c19-12-14-5-4-6-15(11-14)21-13-17(20)18-9-10-22-16-7-2-1-3-8-16/h1-8,11-12H,9-10,13H2,(H,18,20). The van der Waals surface area contributed by atoms with Gasteiger partial charge in [0.1, 0.15) is 12.0 Å². The third-order valence-corrected chi connectivity index (χ3v) is 3.81. The SMILES string of the molecule is O=Cc1cccc(OCC(=O)NCCSc2ccccc2)c1. The monoisotopic (exact) mass is 315 g/mol. The maximum absolute atomic E-state index is 11.7. The molecule has 0 saturated heterocycles. The van der Waals surface area contributed by atoms with Crippen LogP contribution in [0.25, 0.3) is 0 Å². The minimum absolute atomic E-state index is 0.0572. The normalized spacial score (nSPS) is 10.0. The molecule has 0 aliphatic carbocycles. The van der Waals surface area contributed by atoms with Gasteiger partial charge in [-0.25, -0.2) is 0 Å². The number of benzene rings is 2. The third kappa shape index (κ3) is 5.61. The van der Waals surface area contributed by atoms with Gasteiger partial charge in [0, 0.05) is 22.8 Å². The van der Waals surface area contributed by atoms with Crippen LogP contribution in [0.15, 0.2) is 59.5 Å². The summed E-state index contributed by atoms with van der Waals surface area (Å²) in [5.41, 5.74) is 0.525. The number of rotatable bonds is 8. The van der Waals surface area contributed by atoms with Crippen molar-refractivity contribution in [2.24, 2.45) is 0 Å². The summed E-state index contributed by atoms with van der Waals surface area (Å²) in [5, 5.41) is 2.80. The highest BCUT2D eigenvalue weighted by atomic mass is 32.2. The zero-order chi connectivity index (χ0) is 15.6. The number of hydrogen-bond donors (Lipinski definition) is 1. The fraction of sp³-hybridized carbons (Fsp3) is 0.176. The largest absolute Gasteiger partial charge is 0.484 e. The molecule has 1 amide bonds. The summed E-state index contributed by atoms with van der Waals surface area (Å²) in [5.74, 6) is 1.14. The average Bonchev–Trinajstić information content (AvgIpc) is 2.58. The Balaban J connectivity index is 1.64. The lowest BCUT2D eigenvalue weighted by Crippen LogP contribution is -2.30. The molecule has 0 aliphatic heterocycles. The van der Waals surface area contributed by atoms with Crippen LogP contribution < -0.4 is 10.1 Å². The molecule has 0 saturated carbocycles. The summed E-state index contributed by atoms with van der Waals surface area (Å²) in [6.07, 6.45) is 0.744. The van der Waals surface area contributed by atoms with Gasteiger partial charge in [-0.05, 0) is 24.3 Å². The van der Waals surface area contributed by atoms with Crippen molar-refractivity contribution in [3.8, 4) is 5.75 Å². The summed E-state index contributed by atoms with van der Waals surface area (Å²) in [6, 6.07) is 16.7. The van der Waals surface area contributed by atoms with Gasteiger partial charge in [-0.2, -0.15) is 0 Å². The van der Waals surface area contributed by atoms with Gasteiger partial charge in [-0.15, -0.1) is 11.8 Å². The number of carbonyl (C=O) groups is 2. The van der Waals surface area contributed by atoms with Crippen LogP contribution in [0.1, 0.15) is 10.4 Å². The minimum atomic E-state index is -0.176. The van der Waals surface area contributed by atoms with E-state index in [0.29, 0.717) is 17.9 Å². The van der Waals surface area contributed by atoms with Gasteiger partial charge in [0.15, 0.2) is 6.61 Å². The molecule has 1 N–H and O–H groups in total. The molecule has 0 aromatic heterocycles. The van der Waals surface area contributed by atoms with Gasteiger partial charge >= 0.3 is 0 Å². The maximum atomic E-state index is 11.7. The van der Waals surface area contributed by atoms with Crippen LogP contribution in [-0.2, 0) is 4.79 Å². The van der Waals surface area contributed by atoms with E-state index in [0.717, 1.165) is 12.0 Å². The first kappa shape index (κ1) is 16.1. The number of ether oxygens (including phenoxy) is 1. The van der Waals surface area contributed by atoms with Crippen molar-refractivity contribution in [1.29, 1.82) is 0 Å². The summed E-state index contributed by atoms with van der Waals surface area (Å²) in [4.78, 5) is 23.5. The average molecular weight is 315 g/mol. The predicted molar refractivity (Wildman–Crippen MR) is 87.5 cm³/mol. The third-order valence-electron chi connectivity index (χ3n) is 2.80. The topological polar surface area (TPSA) is 55.4 Å². The van der Waals surface area contributed by atoms with E-state index in [9.17, 15) is 9.59 Å². The first-order valence-electron chi connectivity index (χ1n) is 6.90. The molecule has 22 heavy (non-hydrogen) atoms. The Labute approximate surface area is 133 Å². The molecule has 0 unspecified atom stereocenters. The molecule has 0 spiro atoms. The molecular formula is C17H17NO3S. The number of hydrogen-bond acceptors (Lipinski definition) is 4. The Bertz CT molecular complexity index is 616. The van der Waals surface area contributed by atoms with E-state index in [2.05, 4.69) is 5.32 Å². The van der Waals surface area contributed by atoms with E-state index in [4.69, 9.17) is 4.74 Å². The van der Waals surface area contributed by atoms with E-state index < -0.39 is 0 Å². The number of aldehydes is 1. The van der Waals surface area contributed by atoms with Gasteiger partial charge in [-0.1, -0.05) is 30.3 Å². The Kier molecular flexibility index (Phi) is 6.51. The van der Waals surface area contributed by atoms with E-state index >= 15 is 0 Å². The quantitative estimate of drug-likeness (QED) is 0.462. The molecule has 4 nitrogen and oxygen atoms in total. The van der Waals surface area contributed by atoms with Crippen LogP contribution in [0, 0.1) is 0 Å². The van der Waals surface area contributed by atoms with Crippen molar-refractivity contribution in [3.05, 3.63) is 60.2 Å². The molecule has 0 heterocycles. The van der Waals surface area contributed by atoms with E-state index in [-0.39, 0.29) is 12.5 Å². The second-order valence-corrected chi connectivity index (χ2v) is 5.66. The maximum Gasteiger partial charge on any atom is 0.257 e. The van der Waals surface area contributed by atoms with Crippen LogP contribution in [0.5, 0.6) is 5.75 Å². The van der Waals surface area contributed by atoms with Gasteiger partial charge in [-0.3, -0.25) is 9.59 Å². The zero-order valence-corrected chi connectivity index (χ0v) is 12.8. The Hall–Kier alpha value is -2.27. The fourth-order valence-corrected chi connectivity index (χ4v) is 2.54. The summed E-state index contributed by atoms with van der Waals surface area (Å²) < 4.78 is 5.35.